The second-order valence-electron chi connectivity index (χ2n) is 5.49. The summed E-state index contributed by atoms with van der Waals surface area (Å²) in [5.74, 6) is 0. The van der Waals surface area contributed by atoms with Gasteiger partial charge in [-0.15, -0.1) is 0 Å². The molecule has 0 aromatic heterocycles. The molecule has 0 spiro atoms. The van der Waals surface area contributed by atoms with Gasteiger partial charge in [0.05, 0.1) is 12.5 Å². The van der Waals surface area contributed by atoms with Gasteiger partial charge in [0.25, 0.3) is 0 Å². The number of hydrogen-bond donors (Lipinski definition) is 0. The lowest BCUT2D eigenvalue weighted by atomic mass is 9.92. The van der Waals surface area contributed by atoms with Crippen LogP contribution >= 0.6 is 0 Å². The third kappa shape index (κ3) is 2.87. The summed E-state index contributed by atoms with van der Waals surface area (Å²) in [5.41, 5.74) is 0. The molecule has 2 aliphatic rings. The minimum absolute atomic E-state index is 0.130. The monoisotopic (exact) mass is 324 g/mol. The van der Waals surface area contributed by atoms with E-state index in [-0.39, 0.29) is 12.1 Å². The highest BCUT2D eigenvalue weighted by Crippen LogP contribution is 2.38. The molecular formula is C10H21AlN2O4S2. The summed E-state index contributed by atoms with van der Waals surface area (Å²) in [7, 11) is -6.68. The third-order valence-electron chi connectivity index (χ3n) is 4.07. The first kappa shape index (κ1) is 15.7. The highest BCUT2D eigenvalue weighted by atomic mass is 32.2. The molecule has 6 nitrogen and oxygen atoms in total. The highest BCUT2D eigenvalue weighted by Gasteiger charge is 2.57. The number of sulfonamides is 2. The molecule has 2 fully saturated rings. The Morgan fingerprint density at radius 1 is 0.947 bits per heavy atom. The summed E-state index contributed by atoms with van der Waals surface area (Å²) < 4.78 is 51.4. The van der Waals surface area contributed by atoms with Gasteiger partial charge in [0.15, 0.2) is 20.0 Å². The lowest BCUT2D eigenvalue weighted by Gasteiger charge is -2.33. The molecule has 0 aromatic carbocycles. The Hall–Kier alpha value is 0.352. The molecule has 19 heavy (non-hydrogen) atoms. The van der Waals surface area contributed by atoms with Crippen LogP contribution in [0.2, 0.25) is 5.28 Å². The van der Waals surface area contributed by atoms with Crippen molar-refractivity contribution in [2.75, 3.05) is 12.5 Å². The van der Waals surface area contributed by atoms with Gasteiger partial charge in [-0.3, -0.25) is 6.58 Å². The lowest BCUT2D eigenvalue weighted by Crippen LogP contribution is -2.49. The topological polar surface area (TPSA) is 74.8 Å². The van der Waals surface area contributed by atoms with Crippen molar-refractivity contribution in [1.29, 1.82) is 0 Å². The molecule has 0 amide bonds. The van der Waals surface area contributed by atoms with E-state index in [2.05, 4.69) is 0 Å². The highest BCUT2D eigenvalue weighted by molar-refractivity contribution is 7.91. The zero-order valence-corrected chi connectivity index (χ0v) is 14.4. The second kappa shape index (κ2) is 5.28. The Kier molecular flexibility index (Phi) is 4.37. The Morgan fingerprint density at radius 2 is 1.32 bits per heavy atom. The van der Waals surface area contributed by atoms with Gasteiger partial charge in [-0.2, -0.15) is 0 Å². The molecule has 1 aliphatic heterocycles. The van der Waals surface area contributed by atoms with E-state index in [1.807, 2.05) is 6.92 Å². The van der Waals surface area contributed by atoms with Crippen molar-refractivity contribution < 1.29 is 16.8 Å². The van der Waals surface area contributed by atoms with E-state index in [0.717, 1.165) is 25.7 Å². The molecule has 1 saturated carbocycles. The number of nitrogens with zero attached hydrogens (tertiary/aromatic N) is 2. The van der Waals surface area contributed by atoms with Crippen LogP contribution in [0.4, 0.5) is 0 Å². The summed E-state index contributed by atoms with van der Waals surface area (Å²) >= 11 is -2.16. The molecule has 0 radical (unpaired) electrons. The molecule has 2 unspecified atom stereocenters. The van der Waals surface area contributed by atoms with Crippen molar-refractivity contribution in [2.24, 2.45) is 0 Å². The Labute approximate surface area is 120 Å². The SMILES string of the molecule is C[CH2][Al]1[N](S(C)(=O)=O)C2CCCCC2[N]1S(C)(=O)=O. The van der Waals surface area contributed by atoms with E-state index in [0.29, 0.717) is 5.28 Å². The first-order valence-electron chi connectivity index (χ1n) is 6.65. The quantitative estimate of drug-likeness (QED) is 0.702. The normalized spacial score (nSPS) is 30.6. The van der Waals surface area contributed by atoms with Crippen molar-refractivity contribution in [3.8, 4) is 0 Å². The molecule has 1 heterocycles. The van der Waals surface area contributed by atoms with Gasteiger partial charge in [-0.05, 0) is 12.8 Å². The molecule has 2 atom stereocenters. The Bertz CT molecular complexity index is 500. The summed E-state index contributed by atoms with van der Waals surface area (Å²) in [4.78, 5) is 0. The Balaban J connectivity index is 2.51. The van der Waals surface area contributed by atoms with Crippen LogP contribution in [-0.2, 0) is 20.0 Å². The van der Waals surface area contributed by atoms with Crippen molar-refractivity contribution in [3.05, 3.63) is 0 Å². The number of fused-ring (bicyclic) bond motifs is 1. The third-order valence-corrected chi connectivity index (χ3v) is 12.6. The molecule has 110 valence electrons. The largest absolute Gasteiger partial charge is 0.518 e. The molecular weight excluding hydrogens is 303 g/mol. The van der Waals surface area contributed by atoms with Crippen LogP contribution in [0.5, 0.6) is 0 Å². The van der Waals surface area contributed by atoms with Gasteiger partial charge >= 0.3 is 14.6 Å². The van der Waals surface area contributed by atoms with Crippen molar-refractivity contribution >= 4 is 34.6 Å². The summed E-state index contributed by atoms with van der Waals surface area (Å²) in [5, 5.41) is 0.618. The molecule has 0 bridgehead atoms. The van der Waals surface area contributed by atoms with Crippen LogP contribution in [0.1, 0.15) is 32.6 Å². The minimum atomic E-state index is -3.34. The standard InChI is InChI=1S/C8H16N2O4S2.C2H5.Al/c1-15(11,12)9-7-5-3-4-6-8(7)10-16(2,13)14;1-2;/h7-8H,3-6H2,1-2H3;1H2,2H3;/q-2;;+2. The maximum atomic E-state index is 12.1. The predicted molar refractivity (Wildman–Crippen MR) is 75.6 cm³/mol. The predicted octanol–water partition coefficient (Wildman–Crippen LogP) is 0.343. The smallest absolute Gasteiger partial charge is 0.262 e. The van der Waals surface area contributed by atoms with Crippen LogP contribution in [0.15, 0.2) is 0 Å². The molecule has 0 aromatic rings. The van der Waals surface area contributed by atoms with Gasteiger partial charge in [-0.1, -0.05) is 25.0 Å². The van der Waals surface area contributed by atoms with Crippen LogP contribution in [0, 0.1) is 0 Å². The molecule has 1 aliphatic carbocycles. The van der Waals surface area contributed by atoms with Gasteiger partial charge in [0, 0.05) is 12.1 Å². The minimum Gasteiger partial charge on any atom is -0.262 e. The zero-order valence-electron chi connectivity index (χ0n) is 11.6. The van der Waals surface area contributed by atoms with Crippen molar-refractivity contribution in [1.82, 2.24) is 6.58 Å². The van der Waals surface area contributed by atoms with E-state index in [9.17, 15) is 16.8 Å². The average molecular weight is 324 g/mol. The molecule has 0 N–H and O–H groups in total. The van der Waals surface area contributed by atoms with E-state index in [1.54, 1.807) is 6.58 Å². The molecule has 9 heteroatoms. The van der Waals surface area contributed by atoms with Gasteiger partial charge in [-0.25, -0.2) is 16.8 Å². The van der Waals surface area contributed by atoms with Crippen LogP contribution < -0.4 is 0 Å². The zero-order chi connectivity index (χ0) is 14.4. The lowest BCUT2D eigenvalue weighted by molar-refractivity contribution is 0.280. The van der Waals surface area contributed by atoms with Gasteiger partial charge in [0.2, 0.25) is 0 Å². The van der Waals surface area contributed by atoms with Crippen LogP contribution in [-0.4, -0.2) is 62.6 Å². The first-order chi connectivity index (χ1) is 8.68. The van der Waals surface area contributed by atoms with E-state index >= 15 is 0 Å². The summed E-state index contributed by atoms with van der Waals surface area (Å²) in [6, 6.07) is -0.259. The van der Waals surface area contributed by atoms with Crippen molar-refractivity contribution in [3.63, 3.8) is 0 Å². The summed E-state index contributed by atoms with van der Waals surface area (Å²) in [6.07, 6.45) is 5.95. The van der Waals surface area contributed by atoms with Gasteiger partial charge in [0.1, 0.15) is 0 Å². The fraction of sp³-hybridized carbons (Fsp3) is 1.00. The maximum absolute atomic E-state index is 12.1. The van der Waals surface area contributed by atoms with Gasteiger partial charge < -0.3 is 0 Å². The van der Waals surface area contributed by atoms with E-state index in [4.69, 9.17) is 0 Å². The first-order valence-corrected chi connectivity index (χ1v) is 12.2. The molecule has 1 saturated heterocycles. The fourth-order valence-corrected chi connectivity index (χ4v) is 12.8. The van der Waals surface area contributed by atoms with Crippen LogP contribution in [0.3, 0.4) is 0 Å². The summed E-state index contributed by atoms with van der Waals surface area (Å²) in [6.45, 7) is 1.89. The van der Waals surface area contributed by atoms with E-state index in [1.165, 1.54) is 12.5 Å². The number of hydrogen-bond acceptors (Lipinski definition) is 4. The molecule has 2 rings (SSSR count). The van der Waals surface area contributed by atoms with Crippen LogP contribution in [0.25, 0.3) is 0 Å². The second-order valence-corrected chi connectivity index (χ2v) is 12.9. The number of rotatable bonds is 3. The Morgan fingerprint density at radius 3 is 1.58 bits per heavy atom. The average Bonchev–Trinajstić information content (AvgIpc) is 2.61. The fourth-order valence-electron chi connectivity index (χ4n) is 3.53. The maximum Gasteiger partial charge on any atom is 0.518 e. The van der Waals surface area contributed by atoms with E-state index < -0.39 is 34.6 Å². The van der Waals surface area contributed by atoms with Crippen molar-refractivity contribution in [2.45, 2.75) is 50.0 Å².